The average Bonchev–Trinajstić information content (AvgIpc) is 2.79. The lowest BCUT2D eigenvalue weighted by molar-refractivity contribution is 0.0158. The largest absolute Gasteiger partial charge is 0.508 e. The van der Waals surface area contributed by atoms with Gasteiger partial charge in [0.25, 0.3) is 0 Å². The van der Waals surface area contributed by atoms with Crippen molar-refractivity contribution in [1.82, 2.24) is 0 Å². The summed E-state index contributed by atoms with van der Waals surface area (Å²) < 4.78 is 0. The number of hydrogen-bond donors (Lipinski definition) is 2. The Hall–Kier alpha value is -1.02. The Morgan fingerprint density at radius 2 is 2.09 bits per heavy atom. The third-order valence-electron chi connectivity index (χ3n) is 7.09. The molecule has 1 aromatic carbocycles. The van der Waals surface area contributed by atoms with Crippen LogP contribution in [-0.2, 0) is 6.42 Å². The zero-order valence-electron chi connectivity index (χ0n) is 13.8. The third kappa shape index (κ3) is 2.03. The number of rotatable bonds is 1. The van der Waals surface area contributed by atoms with E-state index in [1.807, 2.05) is 12.1 Å². The summed E-state index contributed by atoms with van der Waals surface area (Å²) in [6, 6.07) is 6.03. The standard InChI is InChI=1S/C20H28O2/c1-3-12-10-20(2)11-15(22)9-18(20)17-6-4-13-8-14(21)5-7-16(13)19(12)17/h5,7-8,12,15,17-19,21-22H,3-4,6,9-11H2,1-2H3/t12-,15+,17-,18-,19+,20+/m0/s1. The highest BCUT2D eigenvalue weighted by molar-refractivity contribution is 5.40. The van der Waals surface area contributed by atoms with E-state index < -0.39 is 0 Å². The number of hydrogen-bond acceptors (Lipinski definition) is 2. The molecule has 3 aliphatic rings. The molecule has 1 aromatic rings. The fourth-order valence-corrected chi connectivity index (χ4v) is 6.32. The van der Waals surface area contributed by atoms with Gasteiger partial charge < -0.3 is 10.2 Å². The number of aromatic hydroxyl groups is 1. The predicted molar refractivity (Wildman–Crippen MR) is 87.9 cm³/mol. The summed E-state index contributed by atoms with van der Waals surface area (Å²) in [4.78, 5) is 0. The molecule has 0 aliphatic heterocycles. The van der Waals surface area contributed by atoms with Gasteiger partial charge in [0.2, 0.25) is 0 Å². The number of aliphatic hydroxyl groups excluding tert-OH is 1. The van der Waals surface area contributed by atoms with Crippen LogP contribution in [0.4, 0.5) is 0 Å². The molecule has 0 bridgehead atoms. The van der Waals surface area contributed by atoms with Crippen LogP contribution in [0, 0.1) is 23.2 Å². The van der Waals surface area contributed by atoms with Gasteiger partial charge in [0, 0.05) is 0 Å². The molecule has 4 rings (SSSR count). The molecule has 3 aliphatic carbocycles. The van der Waals surface area contributed by atoms with Crippen LogP contribution in [0.15, 0.2) is 18.2 Å². The van der Waals surface area contributed by atoms with Crippen LogP contribution in [0.5, 0.6) is 5.75 Å². The quantitative estimate of drug-likeness (QED) is 0.814. The number of fused-ring (bicyclic) bond motifs is 5. The average molecular weight is 300 g/mol. The van der Waals surface area contributed by atoms with Crippen LogP contribution in [0.25, 0.3) is 0 Å². The second-order valence-corrected chi connectivity index (χ2v) is 8.34. The molecule has 6 atom stereocenters. The van der Waals surface area contributed by atoms with Gasteiger partial charge in [0.1, 0.15) is 5.75 Å². The van der Waals surface area contributed by atoms with E-state index in [9.17, 15) is 10.2 Å². The summed E-state index contributed by atoms with van der Waals surface area (Å²) in [5.41, 5.74) is 3.20. The Kier molecular flexibility index (Phi) is 3.30. The Balaban J connectivity index is 1.77. The minimum Gasteiger partial charge on any atom is -0.508 e. The van der Waals surface area contributed by atoms with E-state index >= 15 is 0 Å². The minimum atomic E-state index is -0.0903. The van der Waals surface area contributed by atoms with Crippen LogP contribution in [0.2, 0.25) is 0 Å². The maximum atomic E-state index is 10.3. The molecule has 0 radical (unpaired) electrons. The van der Waals surface area contributed by atoms with Crippen LogP contribution in [0.1, 0.15) is 63.0 Å². The van der Waals surface area contributed by atoms with Gasteiger partial charge in [-0.3, -0.25) is 0 Å². The molecule has 0 spiro atoms. The first-order chi connectivity index (χ1) is 10.5. The number of phenolic OH excluding ortho intramolecular Hbond substituents is 1. The van der Waals surface area contributed by atoms with Crippen LogP contribution >= 0.6 is 0 Å². The van der Waals surface area contributed by atoms with E-state index in [2.05, 4.69) is 19.9 Å². The number of aryl methyl sites for hydroxylation is 1. The number of phenols is 1. The minimum absolute atomic E-state index is 0.0903. The van der Waals surface area contributed by atoms with Crippen molar-refractivity contribution in [2.45, 2.75) is 64.4 Å². The second kappa shape index (κ2) is 4.99. The molecule has 2 saturated carbocycles. The normalized spacial score (nSPS) is 43.3. The van der Waals surface area contributed by atoms with Crippen molar-refractivity contribution in [3.8, 4) is 5.75 Å². The van der Waals surface area contributed by atoms with E-state index in [-0.39, 0.29) is 6.10 Å². The smallest absolute Gasteiger partial charge is 0.115 e. The van der Waals surface area contributed by atoms with Gasteiger partial charge >= 0.3 is 0 Å². The number of benzene rings is 1. The van der Waals surface area contributed by atoms with Gasteiger partial charge in [-0.25, -0.2) is 0 Å². The Bertz CT molecular complexity index is 581. The van der Waals surface area contributed by atoms with Crippen LogP contribution < -0.4 is 0 Å². The molecule has 0 aromatic heterocycles. The zero-order valence-corrected chi connectivity index (χ0v) is 13.8. The van der Waals surface area contributed by atoms with Crippen molar-refractivity contribution in [2.24, 2.45) is 23.2 Å². The topological polar surface area (TPSA) is 40.5 Å². The molecule has 0 saturated heterocycles. The van der Waals surface area contributed by atoms with Crippen molar-refractivity contribution in [2.75, 3.05) is 0 Å². The second-order valence-electron chi connectivity index (χ2n) is 8.34. The summed E-state index contributed by atoms with van der Waals surface area (Å²) in [7, 11) is 0. The molecular formula is C20H28O2. The van der Waals surface area contributed by atoms with Crippen molar-refractivity contribution in [3.05, 3.63) is 29.3 Å². The molecule has 0 amide bonds. The van der Waals surface area contributed by atoms with Crippen molar-refractivity contribution in [3.63, 3.8) is 0 Å². The maximum absolute atomic E-state index is 10.3. The Morgan fingerprint density at radius 1 is 1.27 bits per heavy atom. The fraction of sp³-hybridized carbons (Fsp3) is 0.700. The van der Waals surface area contributed by atoms with E-state index in [0.717, 1.165) is 31.1 Å². The SMILES string of the molecule is CC[C@H]1C[C@]2(C)C[C@H](O)C[C@H]2[C@@H]2CCc3cc(O)ccc3[C@@H]12. The lowest BCUT2D eigenvalue weighted by atomic mass is 9.52. The highest BCUT2D eigenvalue weighted by Gasteiger charge is 2.55. The number of aliphatic hydroxyl groups is 1. The van der Waals surface area contributed by atoms with Crippen LogP contribution in [-0.4, -0.2) is 16.3 Å². The lowest BCUT2D eigenvalue weighted by Crippen LogP contribution is -2.44. The van der Waals surface area contributed by atoms with Gasteiger partial charge in [-0.15, -0.1) is 0 Å². The van der Waals surface area contributed by atoms with E-state index in [0.29, 0.717) is 23.0 Å². The summed E-state index contributed by atoms with van der Waals surface area (Å²) >= 11 is 0. The van der Waals surface area contributed by atoms with E-state index in [1.54, 1.807) is 0 Å². The highest BCUT2D eigenvalue weighted by atomic mass is 16.3. The van der Waals surface area contributed by atoms with Gasteiger partial charge in [-0.1, -0.05) is 26.3 Å². The van der Waals surface area contributed by atoms with Gasteiger partial charge in [-0.2, -0.15) is 0 Å². The Labute approximate surface area is 133 Å². The molecule has 2 heteroatoms. The first-order valence-electron chi connectivity index (χ1n) is 9.01. The monoisotopic (exact) mass is 300 g/mol. The molecule has 2 nitrogen and oxygen atoms in total. The molecule has 2 fully saturated rings. The van der Waals surface area contributed by atoms with Crippen LogP contribution in [0.3, 0.4) is 0 Å². The van der Waals surface area contributed by atoms with Crippen molar-refractivity contribution < 1.29 is 10.2 Å². The van der Waals surface area contributed by atoms with E-state index in [1.165, 1.54) is 30.4 Å². The van der Waals surface area contributed by atoms with Gasteiger partial charge in [0.05, 0.1) is 6.10 Å². The first-order valence-corrected chi connectivity index (χ1v) is 9.01. The summed E-state index contributed by atoms with van der Waals surface area (Å²) in [5.74, 6) is 3.16. The summed E-state index contributed by atoms with van der Waals surface area (Å²) in [6.45, 7) is 4.75. The van der Waals surface area contributed by atoms with Crippen molar-refractivity contribution in [1.29, 1.82) is 0 Å². The lowest BCUT2D eigenvalue weighted by Gasteiger charge is -2.53. The molecule has 0 unspecified atom stereocenters. The molecule has 2 N–H and O–H groups in total. The van der Waals surface area contributed by atoms with Crippen molar-refractivity contribution >= 4 is 0 Å². The molecule has 120 valence electrons. The molecular weight excluding hydrogens is 272 g/mol. The predicted octanol–water partition coefficient (Wildman–Crippen LogP) is 4.25. The summed E-state index contributed by atoms with van der Waals surface area (Å²) in [6.07, 6.45) is 6.70. The van der Waals surface area contributed by atoms with Gasteiger partial charge in [-0.05, 0) is 84.5 Å². The Morgan fingerprint density at radius 3 is 2.86 bits per heavy atom. The zero-order chi connectivity index (χ0) is 15.5. The highest BCUT2D eigenvalue weighted by Crippen LogP contribution is 2.63. The first kappa shape index (κ1) is 14.6. The maximum Gasteiger partial charge on any atom is 0.115 e. The fourth-order valence-electron chi connectivity index (χ4n) is 6.32. The molecule has 22 heavy (non-hydrogen) atoms. The molecule has 0 heterocycles. The third-order valence-corrected chi connectivity index (χ3v) is 7.09. The van der Waals surface area contributed by atoms with E-state index in [4.69, 9.17) is 0 Å². The van der Waals surface area contributed by atoms with Gasteiger partial charge in [0.15, 0.2) is 0 Å². The summed E-state index contributed by atoms with van der Waals surface area (Å²) in [5, 5.41) is 20.1.